The number of pyridine rings is 1. The van der Waals surface area contributed by atoms with E-state index in [2.05, 4.69) is 4.98 Å². The maximum Gasteiger partial charge on any atom is 0.149 e. The van der Waals surface area contributed by atoms with Crippen molar-refractivity contribution in [1.82, 2.24) is 4.98 Å². The van der Waals surface area contributed by atoms with Gasteiger partial charge in [0.25, 0.3) is 0 Å². The number of methoxy groups -OCH3 is 1. The minimum Gasteiger partial charge on any atom is -0.496 e. The van der Waals surface area contributed by atoms with Gasteiger partial charge in [-0.1, -0.05) is 0 Å². The first-order valence-electron chi connectivity index (χ1n) is 4.10. The molecule has 2 rings (SSSR count). The van der Waals surface area contributed by atoms with Gasteiger partial charge in [-0.05, 0) is 18.2 Å². The highest BCUT2D eigenvalue weighted by atomic mass is 19.1. The molecule has 0 aliphatic rings. The number of anilines is 1. The Morgan fingerprint density at radius 1 is 1.36 bits per heavy atom. The lowest BCUT2D eigenvalue weighted by Gasteiger charge is -2.07. The summed E-state index contributed by atoms with van der Waals surface area (Å²) >= 11 is 0. The van der Waals surface area contributed by atoms with Crippen LogP contribution in [-0.4, -0.2) is 12.1 Å². The molecule has 1 aromatic carbocycles. The molecule has 0 saturated heterocycles. The van der Waals surface area contributed by atoms with Crippen molar-refractivity contribution in [2.24, 2.45) is 0 Å². The SMILES string of the molecule is COc1ccc(F)c2nccc(N)c12. The van der Waals surface area contributed by atoms with Crippen molar-refractivity contribution in [2.75, 3.05) is 12.8 Å². The number of nitrogens with zero attached hydrogens (tertiary/aromatic N) is 1. The molecule has 72 valence electrons. The van der Waals surface area contributed by atoms with Gasteiger partial charge in [-0.3, -0.25) is 4.98 Å². The van der Waals surface area contributed by atoms with Gasteiger partial charge < -0.3 is 10.5 Å². The van der Waals surface area contributed by atoms with E-state index >= 15 is 0 Å². The molecule has 4 heteroatoms. The van der Waals surface area contributed by atoms with E-state index in [0.717, 1.165) is 0 Å². The molecule has 0 aliphatic heterocycles. The number of benzene rings is 1. The number of aromatic nitrogens is 1. The Morgan fingerprint density at radius 3 is 2.86 bits per heavy atom. The second-order valence-corrected chi connectivity index (χ2v) is 2.87. The number of ether oxygens (including phenoxy) is 1. The van der Waals surface area contributed by atoms with E-state index in [0.29, 0.717) is 16.8 Å². The van der Waals surface area contributed by atoms with Crippen LogP contribution in [0.1, 0.15) is 0 Å². The van der Waals surface area contributed by atoms with Crippen LogP contribution in [0.3, 0.4) is 0 Å². The van der Waals surface area contributed by atoms with Crippen LogP contribution < -0.4 is 10.5 Å². The lowest BCUT2D eigenvalue weighted by Crippen LogP contribution is -1.94. The lowest BCUT2D eigenvalue weighted by molar-refractivity contribution is 0.419. The first-order chi connectivity index (χ1) is 6.74. The molecule has 0 aliphatic carbocycles. The number of fused-ring (bicyclic) bond motifs is 1. The third-order valence-corrected chi connectivity index (χ3v) is 2.06. The van der Waals surface area contributed by atoms with Crippen molar-refractivity contribution in [3.05, 3.63) is 30.2 Å². The standard InChI is InChI=1S/C10H9FN2O/c1-14-8-3-2-6(11)10-9(8)7(12)4-5-13-10/h2-5H,1H3,(H2,12,13). The first-order valence-corrected chi connectivity index (χ1v) is 4.10. The number of hydrogen-bond acceptors (Lipinski definition) is 3. The van der Waals surface area contributed by atoms with Crippen molar-refractivity contribution < 1.29 is 9.13 Å². The maximum atomic E-state index is 13.3. The molecule has 2 N–H and O–H groups in total. The normalized spacial score (nSPS) is 10.4. The summed E-state index contributed by atoms with van der Waals surface area (Å²) in [5.41, 5.74) is 6.42. The van der Waals surface area contributed by atoms with Crippen molar-refractivity contribution in [3.63, 3.8) is 0 Å². The summed E-state index contributed by atoms with van der Waals surface area (Å²) < 4.78 is 18.4. The Kier molecular flexibility index (Phi) is 1.96. The van der Waals surface area contributed by atoms with Gasteiger partial charge in [0.2, 0.25) is 0 Å². The topological polar surface area (TPSA) is 48.1 Å². The van der Waals surface area contributed by atoms with E-state index in [1.54, 1.807) is 6.07 Å². The first kappa shape index (κ1) is 8.74. The Morgan fingerprint density at radius 2 is 2.14 bits per heavy atom. The zero-order chi connectivity index (χ0) is 10.1. The molecule has 0 saturated carbocycles. The van der Waals surface area contributed by atoms with Gasteiger partial charge in [-0.2, -0.15) is 0 Å². The molecule has 0 atom stereocenters. The highest BCUT2D eigenvalue weighted by Gasteiger charge is 2.09. The van der Waals surface area contributed by atoms with Crippen LogP contribution in [0, 0.1) is 5.82 Å². The van der Waals surface area contributed by atoms with Crippen molar-refractivity contribution >= 4 is 16.6 Å². The molecular formula is C10H9FN2O. The Balaban J connectivity index is 2.92. The summed E-state index contributed by atoms with van der Waals surface area (Å²) in [6.07, 6.45) is 1.47. The van der Waals surface area contributed by atoms with E-state index in [1.807, 2.05) is 0 Å². The number of hydrogen-bond donors (Lipinski definition) is 1. The molecule has 0 amide bonds. The zero-order valence-corrected chi connectivity index (χ0v) is 7.62. The third-order valence-electron chi connectivity index (χ3n) is 2.06. The van der Waals surface area contributed by atoms with Crippen LogP contribution >= 0.6 is 0 Å². The largest absolute Gasteiger partial charge is 0.496 e. The molecule has 1 aromatic heterocycles. The Labute approximate surface area is 80.3 Å². The fourth-order valence-corrected chi connectivity index (χ4v) is 1.40. The number of nitrogens with two attached hydrogens (primary N) is 1. The predicted octanol–water partition coefficient (Wildman–Crippen LogP) is 1.96. The summed E-state index contributed by atoms with van der Waals surface area (Å²) in [5, 5.41) is 0.523. The maximum absolute atomic E-state index is 13.3. The second-order valence-electron chi connectivity index (χ2n) is 2.87. The van der Waals surface area contributed by atoms with Crippen molar-refractivity contribution in [1.29, 1.82) is 0 Å². The summed E-state index contributed by atoms with van der Waals surface area (Å²) in [7, 11) is 1.51. The van der Waals surface area contributed by atoms with Crippen LogP contribution in [0.15, 0.2) is 24.4 Å². The predicted molar refractivity (Wildman–Crippen MR) is 52.7 cm³/mol. The molecule has 0 radical (unpaired) electrons. The minimum atomic E-state index is -0.395. The number of rotatable bonds is 1. The molecular weight excluding hydrogens is 183 g/mol. The fourth-order valence-electron chi connectivity index (χ4n) is 1.40. The van der Waals surface area contributed by atoms with Crippen LogP contribution in [0.5, 0.6) is 5.75 Å². The van der Waals surface area contributed by atoms with Gasteiger partial charge in [0.15, 0.2) is 0 Å². The molecule has 14 heavy (non-hydrogen) atoms. The van der Waals surface area contributed by atoms with E-state index < -0.39 is 5.82 Å². The third kappa shape index (κ3) is 1.16. The molecule has 3 nitrogen and oxygen atoms in total. The van der Waals surface area contributed by atoms with E-state index in [1.165, 1.54) is 25.4 Å². The van der Waals surface area contributed by atoms with E-state index in [9.17, 15) is 4.39 Å². The molecule has 1 heterocycles. The van der Waals surface area contributed by atoms with Crippen molar-refractivity contribution in [3.8, 4) is 5.75 Å². The van der Waals surface area contributed by atoms with Gasteiger partial charge >= 0.3 is 0 Å². The van der Waals surface area contributed by atoms with Crippen LogP contribution in [0.4, 0.5) is 10.1 Å². The molecule has 2 aromatic rings. The average molecular weight is 192 g/mol. The molecule has 0 bridgehead atoms. The van der Waals surface area contributed by atoms with Gasteiger partial charge in [0, 0.05) is 11.9 Å². The lowest BCUT2D eigenvalue weighted by atomic mass is 10.1. The van der Waals surface area contributed by atoms with Gasteiger partial charge in [-0.25, -0.2) is 4.39 Å². The summed E-state index contributed by atoms with van der Waals surface area (Å²) in [5.74, 6) is 0.139. The van der Waals surface area contributed by atoms with Crippen LogP contribution in [0.25, 0.3) is 10.9 Å². The van der Waals surface area contributed by atoms with Gasteiger partial charge in [0.05, 0.1) is 12.5 Å². The highest BCUT2D eigenvalue weighted by molar-refractivity contribution is 5.95. The smallest absolute Gasteiger partial charge is 0.149 e. The van der Waals surface area contributed by atoms with Crippen molar-refractivity contribution in [2.45, 2.75) is 0 Å². The summed E-state index contributed by atoms with van der Waals surface area (Å²) in [6.45, 7) is 0. The quantitative estimate of drug-likeness (QED) is 0.751. The van der Waals surface area contributed by atoms with Gasteiger partial charge in [0.1, 0.15) is 17.1 Å². The summed E-state index contributed by atoms with van der Waals surface area (Å²) in [6, 6.07) is 4.47. The Bertz CT molecular complexity index is 485. The highest BCUT2D eigenvalue weighted by Crippen LogP contribution is 2.30. The monoisotopic (exact) mass is 192 g/mol. The number of halogens is 1. The Hall–Kier alpha value is -1.84. The summed E-state index contributed by atoms with van der Waals surface area (Å²) in [4.78, 5) is 3.92. The molecule has 0 unspecified atom stereocenters. The molecule has 0 fully saturated rings. The second kappa shape index (κ2) is 3.14. The zero-order valence-electron chi connectivity index (χ0n) is 7.62. The fraction of sp³-hybridized carbons (Fsp3) is 0.100. The number of nitrogen functional groups attached to an aromatic ring is 1. The van der Waals surface area contributed by atoms with Crippen LogP contribution in [-0.2, 0) is 0 Å². The molecule has 0 spiro atoms. The van der Waals surface area contributed by atoms with E-state index in [4.69, 9.17) is 10.5 Å². The van der Waals surface area contributed by atoms with Crippen LogP contribution in [0.2, 0.25) is 0 Å². The average Bonchev–Trinajstić information content (AvgIpc) is 2.20. The van der Waals surface area contributed by atoms with Gasteiger partial charge in [-0.15, -0.1) is 0 Å². The van der Waals surface area contributed by atoms with E-state index in [-0.39, 0.29) is 5.52 Å². The minimum absolute atomic E-state index is 0.240.